The van der Waals surface area contributed by atoms with Crippen LogP contribution in [0, 0.1) is 5.92 Å². The molecule has 1 aliphatic heterocycles. The van der Waals surface area contributed by atoms with Crippen LogP contribution in [0.15, 0.2) is 24.3 Å². The van der Waals surface area contributed by atoms with Crippen molar-refractivity contribution in [1.82, 2.24) is 10.2 Å². The molecule has 6 heteroatoms. The lowest BCUT2D eigenvalue weighted by Crippen LogP contribution is -2.48. The van der Waals surface area contributed by atoms with Crippen molar-refractivity contribution in [3.05, 3.63) is 24.3 Å². The minimum absolute atomic E-state index is 0.0774. The molecular formula is C17H25N3O3. The van der Waals surface area contributed by atoms with Crippen molar-refractivity contribution in [1.29, 1.82) is 0 Å². The number of rotatable bonds is 5. The molecule has 1 fully saturated rings. The Balaban J connectivity index is 2.01. The molecule has 2 rings (SSSR count). The lowest BCUT2D eigenvalue weighted by atomic mass is 10.2. The molecule has 1 atom stereocenters. The molecule has 1 heterocycles. The number of amides is 3. The largest absolute Gasteiger partial charge is 0.495 e. The second kappa shape index (κ2) is 7.85. The summed E-state index contributed by atoms with van der Waals surface area (Å²) in [5, 5.41) is 5.75. The maximum absolute atomic E-state index is 12.5. The number of nitrogens with zero attached hydrogens (tertiary/aromatic N) is 1. The predicted octanol–water partition coefficient (Wildman–Crippen LogP) is 2.46. The molecule has 2 N–H and O–H groups in total. The van der Waals surface area contributed by atoms with E-state index in [1.54, 1.807) is 24.1 Å². The number of carbonyl (C=O) groups is 2. The number of hydrogen-bond donors (Lipinski definition) is 2. The van der Waals surface area contributed by atoms with Gasteiger partial charge in [0.15, 0.2) is 0 Å². The molecule has 3 amide bonds. The van der Waals surface area contributed by atoms with E-state index in [2.05, 4.69) is 10.6 Å². The topological polar surface area (TPSA) is 70.7 Å². The Hall–Kier alpha value is -2.24. The van der Waals surface area contributed by atoms with Crippen LogP contribution < -0.4 is 15.4 Å². The van der Waals surface area contributed by atoms with E-state index in [4.69, 9.17) is 4.74 Å². The number of hydrogen-bond acceptors (Lipinski definition) is 3. The lowest BCUT2D eigenvalue weighted by Gasteiger charge is -2.25. The summed E-state index contributed by atoms with van der Waals surface area (Å²) in [5.41, 5.74) is 0.605. The summed E-state index contributed by atoms with van der Waals surface area (Å²) in [5.74, 6) is 0.906. The van der Waals surface area contributed by atoms with Gasteiger partial charge in [-0.3, -0.25) is 4.79 Å². The molecule has 0 aliphatic carbocycles. The monoisotopic (exact) mass is 319 g/mol. The van der Waals surface area contributed by atoms with Crippen LogP contribution in [0.4, 0.5) is 10.5 Å². The van der Waals surface area contributed by atoms with Gasteiger partial charge < -0.3 is 20.3 Å². The Bertz CT molecular complexity index is 560. The Morgan fingerprint density at radius 1 is 1.35 bits per heavy atom. The SMILES string of the molecule is COc1ccccc1NC(=O)N1CCCC1C(=O)NCC(C)C. The van der Waals surface area contributed by atoms with Crippen molar-refractivity contribution in [2.45, 2.75) is 32.7 Å². The van der Waals surface area contributed by atoms with Gasteiger partial charge >= 0.3 is 6.03 Å². The fourth-order valence-electron chi connectivity index (χ4n) is 2.64. The van der Waals surface area contributed by atoms with Gasteiger partial charge in [-0.25, -0.2) is 4.79 Å². The highest BCUT2D eigenvalue weighted by Gasteiger charge is 2.34. The smallest absolute Gasteiger partial charge is 0.322 e. The van der Waals surface area contributed by atoms with Crippen molar-refractivity contribution in [3.63, 3.8) is 0 Å². The van der Waals surface area contributed by atoms with Crippen LogP contribution in [0.1, 0.15) is 26.7 Å². The minimum atomic E-state index is -0.400. The molecule has 0 bridgehead atoms. The van der Waals surface area contributed by atoms with Crippen LogP contribution in [0.25, 0.3) is 0 Å². The summed E-state index contributed by atoms with van der Waals surface area (Å²) in [4.78, 5) is 26.4. The van der Waals surface area contributed by atoms with E-state index < -0.39 is 6.04 Å². The van der Waals surface area contributed by atoms with Gasteiger partial charge in [-0.05, 0) is 30.9 Å². The number of benzene rings is 1. The van der Waals surface area contributed by atoms with Gasteiger partial charge in [-0.1, -0.05) is 26.0 Å². The number of ether oxygens (including phenoxy) is 1. The molecule has 1 aliphatic rings. The highest BCUT2D eigenvalue weighted by Crippen LogP contribution is 2.25. The normalized spacial score (nSPS) is 17.2. The van der Waals surface area contributed by atoms with E-state index in [0.717, 1.165) is 6.42 Å². The predicted molar refractivity (Wildman–Crippen MR) is 89.6 cm³/mol. The first-order chi connectivity index (χ1) is 11.0. The van der Waals surface area contributed by atoms with Gasteiger partial charge in [0.25, 0.3) is 0 Å². The van der Waals surface area contributed by atoms with E-state index >= 15 is 0 Å². The summed E-state index contributed by atoms with van der Waals surface area (Å²) in [6.45, 7) is 5.29. The molecule has 0 radical (unpaired) electrons. The number of methoxy groups -OCH3 is 1. The Labute approximate surface area is 137 Å². The number of urea groups is 1. The third-order valence-electron chi connectivity index (χ3n) is 3.85. The van der Waals surface area contributed by atoms with E-state index in [1.165, 1.54) is 0 Å². The molecule has 1 aromatic carbocycles. The molecule has 0 spiro atoms. The van der Waals surface area contributed by atoms with E-state index in [1.807, 2.05) is 26.0 Å². The molecular weight excluding hydrogens is 294 g/mol. The molecule has 126 valence electrons. The highest BCUT2D eigenvalue weighted by molar-refractivity contribution is 5.95. The maximum atomic E-state index is 12.5. The first-order valence-electron chi connectivity index (χ1n) is 8.01. The standard InChI is InChI=1S/C17H25N3O3/c1-12(2)11-18-16(21)14-8-6-10-20(14)17(22)19-13-7-4-5-9-15(13)23-3/h4-5,7,9,12,14H,6,8,10-11H2,1-3H3,(H,18,21)(H,19,22). The van der Waals surface area contributed by atoms with Crippen LogP contribution >= 0.6 is 0 Å². The second-order valence-electron chi connectivity index (χ2n) is 6.12. The molecule has 23 heavy (non-hydrogen) atoms. The highest BCUT2D eigenvalue weighted by atomic mass is 16.5. The van der Waals surface area contributed by atoms with E-state index in [9.17, 15) is 9.59 Å². The minimum Gasteiger partial charge on any atom is -0.495 e. The fraction of sp³-hybridized carbons (Fsp3) is 0.529. The second-order valence-corrected chi connectivity index (χ2v) is 6.12. The summed E-state index contributed by atoms with van der Waals surface area (Å²) in [6.07, 6.45) is 1.53. The zero-order valence-corrected chi connectivity index (χ0v) is 14.0. The quantitative estimate of drug-likeness (QED) is 0.876. The zero-order valence-electron chi connectivity index (χ0n) is 14.0. The molecule has 6 nitrogen and oxygen atoms in total. The molecule has 1 saturated heterocycles. The van der Waals surface area contributed by atoms with Crippen LogP contribution in [0.5, 0.6) is 5.75 Å². The Kier molecular flexibility index (Phi) is 5.84. The third-order valence-corrected chi connectivity index (χ3v) is 3.85. The number of para-hydroxylation sites is 2. The first kappa shape index (κ1) is 17.1. The van der Waals surface area contributed by atoms with Crippen molar-refractivity contribution in [2.24, 2.45) is 5.92 Å². The maximum Gasteiger partial charge on any atom is 0.322 e. The van der Waals surface area contributed by atoms with E-state index in [0.29, 0.717) is 36.9 Å². The van der Waals surface area contributed by atoms with Crippen molar-refractivity contribution in [3.8, 4) is 5.75 Å². The average Bonchev–Trinajstić information content (AvgIpc) is 3.02. The third kappa shape index (κ3) is 4.37. The molecule has 1 aromatic rings. The molecule has 0 saturated carbocycles. The number of nitrogens with one attached hydrogen (secondary N) is 2. The zero-order chi connectivity index (χ0) is 16.8. The number of anilines is 1. The van der Waals surface area contributed by atoms with E-state index in [-0.39, 0.29) is 11.9 Å². The number of likely N-dealkylation sites (tertiary alicyclic amines) is 1. The van der Waals surface area contributed by atoms with Gasteiger partial charge in [-0.2, -0.15) is 0 Å². The van der Waals surface area contributed by atoms with Gasteiger partial charge in [0, 0.05) is 13.1 Å². The average molecular weight is 319 g/mol. The first-order valence-corrected chi connectivity index (χ1v) is 8.01. The molecule has 1 unspecified atom stereocenters. The van der Waals surface area contributed by atoms with Gasteiger partial charge in [0.05, 0.1) is 12.8 Å². The summed E-state index contributed by atoms with van der Waals surface area (Å²) < 4.78 is 5.24. The Morgan fingerprint density at radius 2 is 2.09 bits per heavy atom. The summed E-state index contributed by atoms with van der Waals surface area (Å²) in [7, 11) is 1.56. The van der Waals surface area contributed by atoms with Crippen LogP contribution in [-0.2, 0) is 4.79 Å². The number of carbonyl (C=O) groups excluding carboxylic acids is 2. The van der Waals surface area contributed by atoms with Gasteiger partial charge in [-0.15, -0.1) is 0 Å². The van der Waals surface area contributed by atoms with Crippen LogP contribution in [0.2, 0.25) is 0 Å². The van der Waals surface area contributed by atoms with Gasteiger partial charge in [0.1, 0.15) is 11.8 Å². The summed E-state index contributed by atoms with van der Waals surface area (Å²) >= 11 is 0. The lowest BCUT2D eigenvalue weighted by molar-refractivity contribution is -0.124. The van der Waals surface area contributed by atoms with Crippen LogP contribution in [-0.4, -0.2) is 43.1 Å². The fourth-order valence-corrected chi connectivity index (χ4v) is 2.64. The van der Waals surface area contributed by atoms with Crippen molar-refractivity contribution < 1.29 is 14.3 Å². The van der Waals surface area contributed by atoms with Crippen molar-refractivity contribution in [2.75, 3.05) is 25.5 Å². The van der Waals surface area contributed by atoms with Crippen LogP contribution in [0.3, 0.4) is 0 Å². The summed E-state index contributed by atoms with van der Waals surface area (Å²) in [6, 6.07) is 6.56. The van der Waals surface area contributed by atoms with Gasteiger partial charge in [0.2, 0.25) is 5.91 Å². The molecule has 0 aromatic heterocycles. The van der Waals surface area contributed by atoms with Crippen molar-refractivity contribution >= 4 is 17.6 Å². The Morgan fingerprint density at radius 3 is 2.78 bits per heavy atom.